The first-order chi connectivity index (χ1) is 15.0. The quantitative estimate of drug-likeness (QED) is 0.143. The number of carboxylic acid groups (broad SMARTS) is 1. The predicted octanol–water partition coefficient (Wildman–Crippen LogP) is -2.90. The van der Waals surface area contributed by atoms with Gasteiger partial charge >= 0.3 is 5.97 Å². The van der Waals surface area contributed by atoms with Gasteiger partial charge in [-0.2, -0.15) is 12.6 Å². The molecule has 0 saturated carbocycles. The van der Waals surface area contributed by atoms with Gasteiger partial charge in [0.1, 0.15) is 23.9 Å². The van der Waals surface area contributed by atoms with Crippen molar-refractivity contribution in [3.63, 3.8) is 0 Å². The fraction of sp³-hybridized carbons (Fsp3) is 0.474. The Morgan fingerprint density at radius 2 is 1.56 bits per heavy atom. The molecular formula is C19H28N4O8S. The first kappa shape index (κ1) is 27.2. The summed E-state index contributed by atoms with van der Waals surface area (Å²) in [5, 5.41) is 43.8. The van der Waals surface area contributed by atoms with E-state index in [1.54, 1.807) is 12.1 Å². The molecule has 0 aliphatic heterocycles. The van der Waals surface area contributed by atoms with E-state index in [1.165, 1.54) is 19.1 Å². The number of benzene rings is 1. The molecule has 0 heterocycles. The van der Waals surface area contributed by atoms with Crippen LogP contribution in [-0.4, -0.2) is 86.7 Å². The molecule has 5 unspecified atom stereocenters. The summed E-state index contributed by atoms with van der Waals surface area (Å²) in [4.78, 5) is 48.1. The highest BCUT2D eigenvalue weighted by Gasteiger charge is 2.31. The number of amides is 3. The van der Waals surface area contributed by atoms with Gasteiger partial charge in [-0.25, -0.2) is 4.79 Å². The average molecular weight is 473 g/mol. The Morgan fingerprint density at radius 1 is 1.00 bits per heavy atom. The van der Waals surface area contributed by atoms with E-state index in [0.717, 1.165) is 0 Å². The second-order valence-electron chi connectivity index (χ2n) is 7.03. The van der Waals surface area contributed by atoms with Gasteiger partial charge < -0.3 is 42.1 Å². The van der Waals surface area contributed by atoms with Gasteiger partial charge in [-0.05, 0) is 31.0 Å². The number of hydrogen-bond donors (Lipinski definition) is 9. The lowest BCUT2D eigenvalue weighted by Crippen LogP contribution is -2.60. The summed E-state index contributed by atoms with van der Waals surface area (Å²) >= 11 is 3.95. The van der Waals surface area contributed by atoms with Crippen molar-refractivity contribution in [2.45, 2.75) is 43.6 Å². The van der Waals surface area contributed by atoms with Crippen LogP contribution in [0, 0.1) is 0 Å². The third-order valence-corrected chi connectivity index (χ3v) is 4.77. The lowest BCUT2D eigenvalue weighted by molar-refractivity contribution is -0.143. The van der Waals surface area contributed by atoms with Crippen LogP contribution in [0.2, 0.25) is 0 Å². The first-order valence-corrected chi connectivity index (χ1v) is 10.2. The van der Waals surface area contributed by atoms with Crippen molar-refractivity contribution in [1.82, 2.24) is 16.0 Å². The van der Waals surface area contributed by atoms with E-state index in [9.17, 15) is 29.4 Å². The van der Waals surface area contributed by atoms with Crippen LogP contribution in [0.1, 0.15) is 12.5 Å². The molecule has 0 aromatic heterocycles. The summed E-state index contributed by atoms with van der Waals surface area (Å²) in [7, 11) is 0. The van der Waals surface area contributed by atoms with Crippen molar-refractivity contribution >= 4 is 36.3 Å². The Balaban J connectivity index is 2.78. The maximum Gasteiger partial charge on any atom is 0.328 e. The number of hydrogen-bond acceptors (Lipinski definition) is 9. The number of carbonyl (C=O) groups excluding carboxylic acids is 3. The fourth-order valence-electron chi connectivity index (χ4n) is 2.56. The van der Waals surface area contributed by atoms with E-state index in [-0.39, 0.29) is 17.9 Å². The summed E-state index contributed by atoms with van der Waals surface area (Å²) in [6.07, 6.45) is -1.26. The van der Waals surface area contributed by atoms with Crippen LogP contribution in [-0.2, 0) is 25.6 Å². The van der Waals surface area contributed by atoms with Gasteiger partial charge in [0.25, 0.3) is 0 Å². The number of aliphatic hydroxyl groups excluding tert-OH is 2. The van der Waals surface area contributed by atoms with Gasteiger partial charge in [-0.1, -0.05) is 12.1 Å². The number of aromatic hydroxyl groups is 1. The average Bonchev–Trinajstić information content (AvgIpc) is 2.74. The van der Waals surface area contributed by atoms with Gasteiger partial charge in [-0.15, -0.1) is 0 Å². The topological polar surface area (TPSA) is 211 Å². The molecule has 0 saturated heterocycles. The Labute approximate surface area is 189 Å². The van der Waals surface area contributed by atoms with E-state index >= 15 is 0 Å². The summed E-state index contributed by atoms with van der Waals surface area (Å²) in [6, 6.07) is 0.605. The minimum atomic E-state index is -1.58. The van der Waals surface area contributed by atoms with Crippen molar-refractivity contribution < 1.29 is 39.6 Å². The normalized spacial score (nSPS) is 15.5. The molecule has 0 radical (unpaired) electrons. The van der Waals surface area contributed by atoms with Crippen LogP contribution in [0.15, 0.2) is 24.3 Å². The number of phenolic OH excluding ortho intramolecular Hbond substituents is 1. The molecule has 13 heteroatoms. The minimum Gasteiger partial charge on any atom is -0.508 e. The second-order valence-corrected chi connectivity index (χ2v) is 7.39. The monoisotopic (exact) mass is 472 g/mol. The highest BCUT2D eigenvalue weighted by atomic mass is 32.1. The van der Waals surface area contributed by atoms with Crippen molar-refractivity contribution in [2.24, 2.45) is 5.73 Å². The number of nitrogens with one attached hydrogen (secondary N) is 3. The van der Waals surface area contributed by atoms with Crippen LogP contribution < -0.4 is 21.7 Å². The van der Waals surface area contributed by atoms with E-state index in [0.29, 0.717) is 5.56 Å². The number of aliphatic hydroxyl groups is 2. The molecule has 32 heavy (non-hydrogen) atoms. The number of nitrogens with two attached hydrogens (primary N) is 1. The zero-order valence-corrected chi connectivity index (χ0v) is 18.2. The molecule has 3 amide bonds. The Bertz CT molecular complexity index is 805. The van der Waals surface area contributed by atoms with Gasteiger partial charge in [0.2, 0.25) is 17.7 Å². The third-order valence-electron chi connectivity index (χ3n) is 4.40. The van der Waals surface area contributed by atoms with Crippen LogP contribution in [0.25, 0.3) is 0 Å². The molecule has 0 bridgehead atoms. The SMILES string of the molecule is CC(O)C(NC(=O)C(N)Cc1ccc(O)cc1)C(=O)NC(CS)C(=O)NC(CO)C(=O)O. The number of phenols is 1. The smallest absolute Gasteiger partial charge is 0.328 e. The number of carboxylic acids is 1. The Kier molecular flexibility index (Phi) is 10.9. The van der Waals surface area contributed by atoms with Crippen LogP contribution in [0.4, 0.5) is 0 Å². The van der Waals surface area contributed by atoms with Crippen molar-refractivity contribution in [3.05, 3.63) is 29.8 Å². The molecule has 0 fully saturated rings. The van der Waals surface area contributed by atoms with Gasteiger partial charge in [0, 0.05) is 5.75 Å². The van der Waals surface area contributed by atoms with Gasteiger partial charge in [0.05, 0.1) is 18.8 Å². The number of thiol groups is 1. The molecule has 0 aliphatic carbocycles. The second kappa shape index (κ2) is 12.9. The zero-order chi connectivity index (χ0) is 24.4. The fourth-order valence-corrected chi connectivity index (χ4v) is 2.81. The van der Waals surface area contributed by atoms with Crippen molar-refractivity contribution in [2.75, 3.05) is 12.4 Å². The largest absolute Gasteiger partial charge is 0.508 e. The number of aliphatic carboxylic acids is 1. The number of carbonyl (C=O) groups is 4. The molecule has 1 aromatic rings. The molecule has 0 aliphatic rings. The summed E-state index contributed by atoms with van der Waals surface area (Å²) in [6.45, 7) is 0.387. The summed E-state index contributed by atoms with van der Waals surface area (Å²) in [5.41, 5.74) is 6.53. The van der Waals surface area contributed by atoms with Crippen LogP contribution in [0.5, 0.6) is 5.75 Å². The van der Waals surface area contributed by atoms with Gasteiger partial charge in [0.15, 0.2) is 0 Å². The standard InChI is InChI=1S/C19H28N4O8S/c1-9(25)15(23-16(27)12(20)6-10-2-4-11(26)5-3-10)18(29)22-14(8-32)17(28)21-13(7-24)19(30)31/h2-5,9,12-15,24-26,32H,6-8,20H2,1H3,(H,21,28)(H,22,29)(H,23,27)(H,30,31). The van der Waals surface area contributed by atoms with E-state index in [4.69, 9.17) is 15.9 Å². The highest BCUT2D eigenvalue weighted by Crippen LogP contribution is 2.11. The van der Waals surface area contributed by atoms with E-state index in [1.807, 2.05) is 5.32 Å². The van der Waals surface area contributed by atoms with E-state index in [2.05, 4.69) is 23.3 Å². The third kappa shape index (κ3) is 8.34. The first-order valence-electron chi connectivity index (χ1n) is 9.57. The lowest BCUT2D eigenvalue weighted by atomic mass is 10.0. The molecule has 1 rings (SSSR count). The maximum absolute atomic E-state index is 12.6. The molecule has 9 N–H and O–H groups in total. The Morgan fingerprint density at radius 3 is 2.03 bits per heavy atom. The van der Waals surface area contributed by atoms with Crippen molar-refractivity contribution in [1.29, 1.82) is 0 Å². The summed E-state index contributed by atoms with van der Waals surface area (Å²) < 4.78 is 0. The van der Waals surface area contributed by atoms with Crippen molar-refractivity contribution in [3.8, 4) is 5.75 Å². The molecule has 1 aromatic carbocycles. The van der Waals surface area contributed by atoms with E-state index < -0.39 is 60.6 Å². The molecule has 5 atom stereocenters. The molecule has 178 valence electrons. The van der Waals surface area contributed by atoms with Gasteiger partial charge in [-0.3, -0.25) is 14.4 Å². The highest BCUT2D eigenvalue weighted by molar-refractivity contribution is 7.80. The molecule has 0 spiro atoms. The number of rotatable bonds is 12. The zero-order valence-electron chi connectivity index (χ0n) is 17.3. The lowest BCUT2D eigenvalue weighted by Gasteiger charge is -2.25. The maximum atomic E-state index is 12.6. The molecule has 12 nitrogen and oxygen atoms in total. The van der Waals surface area contributed by atoms with Crippen LogP contribution >= 0.6 is 12.6 Å². The minimum absolute atomic E-state index is 0.0501. The predicted molar refractivity (Wildman–Crippen MR) is 116 cm³/mol. The Hall–Kier alpha value is -2.87. The summed E-state index contributed by atoms with van der Waals surface area (Å²) in [5.74, 6) is -4.23. The van der Waals surface area contributed by atoms with Crippen LogP contribution in [0.3, 0.4) is 0 Å². The molecular weight excluding hydrogens is 444 g/mol.